The molecule has 104 valence electrons. The van der Waals surface area contributed by atoms with Crippen LogP contribution in [0.25, 0.3) is 0 Å². The summed E-state index contributed by atoms with van der Waals surface area (Å²) in [5.74, 6) is -0.363. The summed E-state index contributed by atoms with van der Waals surface area (Å²) in [6.45, 7) is 0.577. The number of carbonyl (C=O) groups is 1. The molecule has 1 aliphatic rings. The molecule has 2 amide bonds. The summed E-state index contributed by atoms with van der Waals surface area (Å²) in [6, 6.07) is 4.03. The van der Waals surface area contributed by atoms with Gasteiger partial charge in [-0.2, -0.15) is 0 Å². The zero-order valence-electron chi connectivity index (χ0n) is 10.4. The van der Waals surface area contributed by atoms with Crippen LogP contribution in [0.2, 0.25) is 5.02 Å². The normalized spacial score (nSPS) is 15.9. The number of carbonyl (C=O) groups excluding carboxylic acids is 1. The Morgan fingerprint density at radius 3 is 2.74 bits per heavy atom. The molecule has 6 heteroatoms. The fourth-order valence-electron chi connectivity index (χ4n) is 2.09. The SMILES string of the molecule is O=C(NCCO)NCC1(c2ccc(F)cc2Cl)CC1. The Balaban J connectivity index is 1.97. The summed E-state index contributed by atoms with van der Waals surface area (Å²) in [5.41, 5.74) is 0.694. The second-order valence-electron chi connectivity index (χ2n) is 4.74. The third-order valence-electron chi connectivity index (χ3n) is 3.34. The minimum Gasteiger partial charge on any atom is -0.395 e. The van der Waals surface area contributed by atoms with Crippen LogP contribution in [-0.2, 0) is 5.41 Å². The highest BCUT2D eigenvalue weighted by Gasteiger charge is 2.45. The third kappa shape index (κ3) is 3.36. The van der Waals surface area contributed by atoms with Gasteiger partial charge < -0.3 is 15.7 Å². The molecule has 0 unspecified atom stereocenters. The lowest BCUT2D eigenvalue weighted by atomic mass is 9.96. The molecule has 0 aliphatic heterocycles. The Morgan fingerprint density at radius 2 is 2.16 bits per heavy atom. The van der Waals surface area contributed by atoms with Crippen molar-refractivity contribution in [3.63, 3.8) is 0 Å². The maximum Gasteiger partial charge on any atom is 0.314 e. The Morgan fingerprint density at radius 1 is 1.42 bits per heavy atom. The number of aliphatic hydroxyl groups excluding tert-OH is 1. The van der Waals surface area contributed by atoms with Crippen molar-refractivity contribution in [1.29, 1.82) is 0 Å². The summed E-state index contributed by atoms with van der Waals surface area (Å²) >= 11 is 6.05. The molecule has 1 aromatic rings. The van der Waals surface area contributed by atoms with Crippen LogP contribution in [0.5, 0.6) is 0 Å². The van der Waals surface area contributed by atoms with Crippen LogP contribution in [0.4, 0.5) is 9.18 Å². The Hall–Kier alpha value is -1.33. The first-order valence-electron chi connectivity index (χ1n) is 6.15. The van der Waals surface area contributed by atoms with Crippen molar-refractivity contribution in [2.24, 2.45) is 0 Å². The number of halogens is 2. The first-order chi connectivity index (χ1) is 9.07. The van der Waals surface area contributed by atoms with Gasteiger partial charge in [-0.25, -0.2) is 9.18 Å². The molecule has 1 aromatic carbocycles. The van der Waals surface area contributed by atoms with Crippen LogP contribution in [0, 0.1) is 5.82 Å². The second-order valence-corrected chi connectivity index (χ2v) is 5.14. The molecule has 19 heavy (non-hydrogen) atoms. The third-order valence-corrected chi connectivity index (χ3v) is 3.65. The first kappa shape index (κ1) is 14.1. The zero-order chi connectivity index (χ0) is 13.9. The van der Waals surface area contributed by atoms with Gasteiger partial charge in [0, 0.05) is 23.5 Å². The maximum atomic E-state index is 13.0. The lowest BCUT2D eigenvalue weighted by molar-refractivity contribution is 0.233. The molecular weight excluding hydrogens is 271 g/mol. The lowest BCUT2D eigenvalue weighted by Gasteiger charge is -2.18. The smallest absolute Gasteiger partial charge is 0.314 e. The largest absolute Gasteiger partial charge is 0.395 e. The van der Waals surface area contributed by atoms with Crippen LogP contribution >= 0.6 is 11.6 Å². The van der Waals surface area contributed by atoms with Crippen molar-refractivity contribution in [3.05, 3.63) is 34.6 Å². The molecule has 1 saturated carbocycles. The van der Waals surface area contributed by atoms with E-state index in [0.29, 0.717) is 11.6 Å². The van der Waals surface area contributed by atoms with E-state index < -0.39 is 0 Å². The number of hydrogen-bond donors (Lipinski definition) is 3. The van der Waals surface area contributed by atoms with E-state index in [1.165, 1.54) is 12.1 Å². The Labute approximate surface area is 116 Å². The van der Waals surface area contributed by atoms with Crippen molar-refractivity contribution in [3.8, 4) is 0 Å². The Bertz CT molecular complexity index is 478. The van der Waals surface area contributed by atoms with E-state index in [4.69, 9.17) is 16.7 Å². The molecule has 4 nitrogen and oxygen atoms in total. The van der Waals surface area contributed by atoms with Gasteiger partial charge in [-0.3, -0.25) is 0 Å². The van der Waals surface area contributed by atoms with Crippen molar-refractivity contribution in [1.82, 2.24) is 10.6 Å². The average molecular weight is 287 g/mol. The molecule has 0 heterocycles. The quantitative estimate of drug-likeness (QED) is 0.773. The molecule has 1 aliphatic carbocycles. The van der Waals surface area contributed by atoms with Gasteiger partial charge in [0.05, 0.1) is 6.61 Å². The molecule has 1 fully saturated rings. The van der Waals surface area contributed by atoms with Crippen molar-refractivity contribution in [2.45, 2.75) is 18.3 Å². The molecule has 0 spiro atoms. The van der Waals surface area contributed by atoms with Gasteiger partial charge in [0.1, 0.15) is 5.82 Å². The highest BCUT2D eigenvalue weighted by molar-refractivity contribution is 6.31. The summed E-state index contributed by atoms with van der Waals surface area (Å²) in [6.07, 6.45) is 1.83. The van der Waals surface area contributed by atoms with Crippen LogP contribution in [0.1, 0.15) is 18.4 Å². The molecule has 0 atom stereocenters. The summed E-state index contributed by atoms with van der Waals surface area (Å²) in [5, 5.41) is 14.3. The van der Waals surface area contributed by atoms with Crippen molar-refractivity contribution >= 4 is 17.6 Å². The maximum absolute atomic E-state index is 13.0. The highest BCUT2D eigenvalue weighted by Crippen LogP contribution is 2.50. The lowest BCUT2D eigenvalue weighted by Crippen LogP contribution is -2.40. The van der Waals surface area contributed by atoms with E-state index in [-0.39, 0.29) is 30.4 Å². The topological polar surface area (TPSA) is 61.4 Å². The molecule has 3 N–H and O–H groups in total. The molecule has 0 bridgehead atoms. The van der Waals surface area contributed by atoms with Crippen LogP contribution < -0.4 is 10.6 Å². The monoisotopic (exact) mass is 286 g/mol. The number of amides is 2. The molecule has 2 rings (SSSR count). The second kappa shape index (κ2) is 5.75. The number of benzene rings is 1. The fourth-order valence-corrected chi connectivity index (χ4v) is 2.46. The van der Waals surface area contributed by atoms with E-state index in [0.717, 1.165) is 18.4 Å². The van der Waals surface area contributed by atoms with E-state index in [2.05, 4.69) is 10.6 Å². The minimum atomic E-state index is -0.363. The van der Waals surface area contributed by atoms with Gasteiger partial charge in [0.25, 0.3) is 0 Å². The standard InChI is InChI=1S/C13H16ClFN2O2/c14-11-7-9(15)1-2-10(11)13(3-4-13)8-17-12(19)16-5-6-18/h1-2,7,18H,3-6,8H2,(H2,16,17,19). The number of rotatable bonds is 5. The van der Waals surface area contributed by atoms with Gasteiger partial charge in [-0.05, 0) is 30.5 Å². The molecule has 0 radical (unpaired) electrons. The van der Waals surface area contributed by atoms with Gasteiger partial charge >= 0.3 is 6.03 Å². The van der Waals surface area contributed by atoms with Gasteiger partial charge in [-0.15, -0.1) is 0 Å². The van der Waals surface area contributed by atoms with E-state index in [9.17, 15) is 9.18 Å². The van der Waals surface area contributed by atoms with Gasteiger partial charge in [0.15, 0.2) is 0 Å². The van der Waals surface area contributed by atoms with Gasteiger partial charge in [0.2, 0.25) is 0 Å². The van der Waals surface area contributed by atoms with Gasteiger partial charge in [-0.1, -0.05) is 17.7 Å². The first-order valence-corrected chi connectivity index (χ1v) is 6.53. The fraction of sp³-hybridized carbons (Fsp3) is 0.462. The average Bonchev–Trinajstić information content (AvgIpc) is 3.15. The van der Waals surface area contributed by atoms with Crippen LogP contribution in [0.3, 0.4) is 0 Å². The number of urea groups is 1. The molecule has 0 saturated heterocycles. The molecule has 0 aromatic heterocycles. The Kier molecular flexibility index (Phi) is 4.27. The predicted molar refractivity (Wildman–Crippen MR) is 70.8 cm³/mol. The van der Waals surface area contributed by atoms with Crippen LogP contribution in [-0.4, -0.2) is 30.8 Å². The summed E-state index contributed by atoms with van der Waals surface area (Å²) in [7, 11) is 0. The molecular formula is C13H16ClFN2O2. The highest BCUT2D eigenvalue weighted by atomic mass is 35.5. The van der Waals surface area contributed by atoms with Crippen molar-refractivity contribution < 1.29 is 14.3 Å². The minimum absolute atomic E-state index is 0.0949. The van der Waals surface area contributed by atoms with E-state index in [1.807, 2.05) is 0 Å². The summed E-state index contributed by atoms with van der Waals surface area (Å²) < 4.78 is 13.0. The predicted octanol–water partition coefficient (Wildman–Crippen LogP) is 1.80. The number of hydrogen-bond acceptors (Lipinski definition) is 2. The summed E-state index contributed by atoms with van der Waals surface area (Å²) in [4.78, 5) is 11.4. The van der Waals surface area contributed by atoms with Crippen molar-refractivity contribution in [2.75, 3.05) is 19.7 Å². The van der Waals surface area contributed by atoms with Crippen LogP contribution in [0.15, 0.2) is 18.2 Å². The van der Waals surface area contributed by atoms with E-state index in [1.54, 1.807) is 6.07 Å². The zero-order valence-corrected chi connectivity index (χ0v) is 11.1. The number of aliphatic hydroxyl groups is 1. The number of nitrogens with one attached hydrogen (secondary N) is 2. The van der Waals surface area contributed by atoms with E-state index >= 15 is 0 Å².